The van der Waals surface area contributed by atoms with Gasteiger partial charge >= 0.3 is 0 Å². The van der Waals surface area contributed by atoms with Crippen LogP contribution in [0.15, 0.2) is 35.2 Å². The number of sulfonamides is 1. The number of anilines is 1. The Balaban J connectivity index is 2.02. The molecule has 1 N–H and O–H groups in total. The van der Waals surface area contributed by atoms with Gasteiger partial charge in [-0.3, -0.25) is 4.72 Å². The van der Waals surface area contributed by atoms with Crippen molar-refractivity contribution < 1.29 is 27.4 Å². The van der Waals surface area contributed by atoms with E-state index >= 15 is 0 Å². The second kappa shape index (κ2) is 7.56. The topological polar surface area (TPSA) is 83.1 Å². The van der Waals surface area contributed by atoms with E-state index in [1.165, 1.54) is 20.3 Å². The van der Waals surface area contributed by atoms with Crippen molar-refractivity contribution in [2.75, 3.05) is 25.5 Å². The molecule has 0 unspecified atom stereocenters. The van der Waals surface area contributed by atoms with E-state index in [-0.39, 0.29) is 16.7 Å². The lowest BCUT2D eigenvalue weighted by Crippen LogP contribution is -2.15. The number of fused-ring (bicyclic) bond motifs is 1. The number of hydrogen-bond acceptors (Lipinski definition) is 6. The number of hydrogen-bond donors (Lipinski definition) is 1. The van der Waals surface area contributed by atoms with Crippen LogP contribution in [0.2, 0.25) is 0 Å². The summed E-state index contributed by atoms with van der Waals surface area (Å²) in [6.07, 6.45) is 0.798. The van der Waals surface area contributed by atoms with Gasteiger partial charge in [0.1, 0.15) is 34.0 Å². The van der Waals surface area contributed by atoms with Crippen LogP contribution in [0.3, 0.4) is 0 Å². The molecule has 8 heteroatoms. The first kappa shape index (κ1) is 19.2. The molecule has 0 amide bonds. The van der Waals surface area contributed by atoms with E-state index in [2.05, 4.69) is 4.72 Å². The zero-order chi connectivity index (χ0) is 19.6. The van der Waals surface area contributed by atoms with Gasteiger partial charge in [-0.05, 0) is 32.0 Å². The molecule has 0 aromatic heterocycles. The highest BCUT2D eigenvalue weighted by Crippen LogP contribution is 2.39. The molecule has 0 saturated carbocycles. The normalized spacial score (nSPS) is 15.6. The molecule has 2 aromatic carbocycles. The molecule has 0 bridgehead atoms. The zero-order valence-corrected chi connectivity index (χ0v) is 16.6. The van der Waals surface area contributed by atoms with Crippen LogP contribution in [-0.2, 0) is 16.4 Å². The molecular formula is C19H23NO6S. The number of nitrogens with one attached hydrogen (secondary N) is 1. The zero-order valence-electron chi connectivity index (χ0n) is 15.7. The Bertz CT molecular complexity index is 941. The maximum atomic E-state index is 13.0. The van der Waals surface area contributed by atoms with Crippen molar-refractivity contribution in [3.63, 3.8) is 0 Å². The van der Waals surface area contributed by atoms with Crippen molar-refractivity contribution in [3.05, 3.63) is 35.9 Å². The Morgan fingerprint density at radius 3 is 2.59 bits per heavy atom. The van der Waals surface area contributed by atoms with Crippen molar-refractivity contribution >= 4 is 15.7 Å². The highest BCUT2D eigenvalue weighted by molar-refractivity contribution is 7.92. The fraction of sp³-hybridized carbons (Fsp3) is 0.368. The molecule has 0 saturated heterocycles. The van der Waals surface area contributed by atoms with Crippen LogP contribution < -0.4 is 23.7 Å². The largest absolute Gasteiger partial charge is 0.497 e. The molecule has 1 atom stereocenters. The molecular weight excluding hydrogens is 370 g/mol. The third kappa shape index (κ3) is 3.90. The maximum absolute atomic E-state index is 13.0. The van der Waals surface area contributed by atoms with Gasteiger partial charge in [0.05, 0.1) is 26.5 Å². The predicted molar refractivity (Wildman–Crippen MR) is 102 cm³/mol. The molecule has 1 aliphatic rings. The quantitative estimate of drug-likeness (QED) is 0.778. The number of ether oxygens (including phenoxy) is 4. The van der Waals surface area contributed by atoms with Gasteiger partial charge in [0.15, 0.2) is 0 Å². The van der Waals surface area contributed by atoms with Gasteiger partial charge in [0, 0.05) is 24.1 Å². The molecule has 0 fully saturated rings. The summed E-state index contributed by atoms with van der Waals surface area (Å²) < 4.78 is 50.4. The first-order valence-electron chi connectivity index (χ1n) is 8.59. The minimum atomic E-state index is -3.95. The van der Waals surface area contributed by atoms with Crippen LogP contribution >= 0.6 is 0 Å². The molecule has 146 valence electrons. The predicted octanol–water partition coefficient (Wildman–Crippen LogP) is 3.23. The maximum Gasteiger partial charge on any atom is 0.265 e. The lowest BCUT2D eigenvalue weighted by molar-refractivity contribution is 0.254. The van der Waals surface area contributed by atoms with Gasteiger partial charge in [-0.15, -0.1) is 0 Å². The first-order chi connectivity index (χ1) is 12.9. The van der Waals surface area contributed by atoms with Crippen LogP contribution in [0.5, 0.6) is 23.0 Å². The van der Waals surface area contributed by atoms with Gasteiger partial charge in [0.25, 0.3) is 10.0 Å². The molecule has 1 heterocycles. The molecule has 3 rings (SSSR count). The van der Waals surface area contributed by atoms with E-state index in [4.69, 9.17) is 18.9 Å². The monoisotopic (exact) mass is 393 g/mol. The van der Waals surface area contributed by atoms with E-state index in [0.29, 0.717) is 29.5 Å². The lowest BCUT2D eigenvalue weighted by atomic mass is 10.1. The van der Waals surface area contributed by atoms with Gasteiger partial charge in [-0.25, -0.2) is 8.42 Å². The fourth-order valence-electron chi connectivity index (χ4n) is 2.99. The van der Waals surface area contributed by atoms with Crippen LogP contribution in [0.4, 0.5) is 5.69 Å². The van der Waals surface area contributed by atoms with Crippen LogP contribution in [0.25, 0.3) is 0 Å². The third-order valence-corrected chi connectivity index (χ3v) is 5.59. The van der Waals surface area contributed by atoms with Gasteiger partial charge in [-0.1, -0.05) is 0 Å². The average molecular weight is 393 g/mol. The second-order valence-corrected chi connectivity index (χ2v) is 7.79. The highest BCUT2D eigenvalue weighted by Gasteiger charge is 2.26. The van der Waals surface area contributed by atoms with Crippen molar-refractivity contribution in [1.29, 1.82) is 0 Å². The summed E-state index contributed by atoms with van der Waals surface area (Å²) in [5, 5.41) is 0. The average Bonchev–Trinajstić information content (AvgIpc) is 3.00. The van der Waals surface area contributed by atoms with Gasteiger partial charge in [0.2, 0.25) is 0 Å². The fourth-order valence-corrected chi connectivity index (χ4v) is 4.23. The summed E-state index contributed by atoms with van der Waals surface area (Å²) in [7, 11) is -1.07. The lowest BCUT2D eigenvalue weighted by Gasteiger charge is -2.16. The van der Waals surface area contributed by atoms with Crippen molar-refractivity contribution in [3.8, 4) is 23.0 Å². The Hall–Kier alpha value is -2.61. The third-order valence-electron chi connectivity index (χ3n) is 4.20. The molecule has 0 spiro atoms. The standard InChI is InChI=1S/C19H23NO6S/c1-5-25-18-9-13-8-12(2)26-17(13)11-15(18)20-27(21,22)19-10-14(23-3)6-7-16(19)24-4/h6-7,9-12,20H,5,8H2,1-4H3/t12-/m1/s1. The summed E-state index contributed by atoms with van der Waals surface area (Å²) in [5.74, 6) is 1.74. The van der Waals surface area contributed by atoms with Crippen LogP contribution in [0, 0.1) is 0 Å². The van der Waals surface area contributed by atoms with Gasteiger partial charge in [-0.2, -0.15) is 0 Å². The number of rotatable bonds is 7. The Morgan fingerprint density at radius 2 is 1.93 bits per heavy atom. The molecule has 2 aromatic rings. The van der Waals surface area contributed by atoms with Crippen molar-refractivity contribution in [1.82, 2.24) is 0 Å². The molecule has 0 aliphatic carbocycles. The van der Waals surface area contributed by atoms with E-state index in [1.54, 1.807) is 18.2 Å². The minimum absolute atomic E-state index is 0.0263. The summed E-state index contributed by atoms with van der Waals surface area (Å²) in [6.45, 7) is 4.22. The number of methoxy groups -OCH3 is 2. The van der Waals surface area contributed by atoms with E-state index in [1.807, 2.05) is 19.9 Å². The Morgan fingerprint density at radius 1 is 1.15 bits per heavy atom. The summed E-state index contributed by atoms with van der Waals surface area (Å²) in [4.78, 5) is -0.0263. The second-order valence-electron chi connectivity index (χ2n) is 6.14. The summed E-state index contributed by atoms with van der Waals surface area (Å²) in [5.41, 5.74) is 1.31. The Kier molecular flexibility index (Phi) is 5.36. The highest BCUT2D eigenvalue weighted by atomic mass is 32.2. The number of benzene rings is 2. The van der Waals surface area contributed by atoms with E-state index in [9.17, 15) is 8.42 Å². The van der Waals surface area contributed by atoms with E-state index in [0.717, 1.165) is 12.0 Å². The molecule has 27 heavy (non-hydrogen) atoms. The summed E-state index contributed by atoms with van der Waals surface area (Å²) >= 11 is 0. The molecule has 1 aliphatic heterocycles. The van der Waals surface area contributed by atoms with E-state index < -0.39 is 10.0 Å². The first-order valence-corrected chi connectivity index (χ1v) is 10.1. The SMILES string of the molecule is CCOc1cc2c(cc1NS(=O)(=O)c1cc(OC)ccc1OC)O[C@H](C)C2. The smallest absolute Gasteiger partial charge is 0.265 e. The van der Waals surface area contributed by atoms with Crippen LogP contribution in [-0.4, -0.2) is 35.3 Å². The summed E-state index contributed by atoms with van der Waals surface area (Å²) in [6, 6.07) is 8.07. The molecule has 7 nitrogen and oxygen atoms in total. The Labute approximate surface area is 159 Å². The van der Waals surface area contributed by atoms with Crippen molar-refractivity contribution in [2.45, 2.75) is 31.3 Å². The van der Waals surface area contributed by atoms with Gasteiger partial charge < -0.3 is 18.9 Å². The van der Waals surface area contributed by atoms with Crippen LogP contribution in [0.1, 0.15) is 19.4 Å². The molecule has 0 radical (unpaired) electrons. The minimum Gasteiger partial charge on any atom is -0.497 e. The van der Waals surface area contributed by atoms with Crippen molar-refractivity contribution in [2.24, 2.45) is 0 Å².